The minimum atomic E-state index is -5.86. The summed E-state index contributed by atoms with van der Waals surface area (Å²) in [5, 5.41) is 10.3. The molecule has 0 aromatic rings. The lowest BCUT2D eigenvalue weighted by Crippen LogP contribution is -2.66. The van der Waals surface area contributed by atoms with Crippen LogP contribution in [0.2, 0.25) is 0 Å². The van der Waals surface area contributed by atoms with Gasteiger partial charge in [-0.3, -0.25) is 22.6 Å². The number of phosphoric ester groups is 5. The third-order valence-corrected chi connectivity index (χ3v) is 5.85. The van der Waals surface area contributed by atoms with Gasteiger partial charge in [-0.15, -0.1) is 0 Å². The molecule has 0 radical (unpaired) electrons. The van der Waals surface area contributed by atoms with Crippen molar-refractivity contribution in [2.45, 2.75) is 36.6 Å². The Hall–Kier alpha value is 0.510. The van der Waals surface area contributed by atoms with Crippen LogP contribution >= 0.6 is 39.1 Å². The maximum absolute atomic E-state index is 11.3. The second-order valence-electron chi connectivity index (χ2n) is 5.79. The van der Waals surface area contributed by atoms with Crippen molar-refractivity contribution >= 4 is 39.1 Å². The van der Waals surface area contributed by atoms with Crippen LogP contribution in [0.4, 0.5) is 0 Å². The maximum Gasteiger partial charge on any atom is 0.470 e. The molecule has 1 fully saturated rings. The molecule has 32 heavy (non-hydrogen) atoms. The van der Waals surface area contributed by atoms with Crippen LogP contribution in [-0.2, 0) is 45.4 Å². The molecular formula is C6H17O21P5. The fourth-order valence-electron chi connectivity index (χ4n) is 2.53. The second kappa shape index (κ2) is 10.2. The van der Waals surface area contributed by atoms with Gasteiger partial charge in [-0.05, 0) is 0 Å². The van der Waals surface area contributed by atoms with Crippen molar-refractivity contribution in [3.8, 4) is 0 Å². The van der Waals surface area contributed by atoms with Crippen molar-refractivity contribution in [3.05, 3.63) is 0 Å². The summed E-state index contributed by atoms with van der Waals surface area (Å²) in [5.74, 6) is 0. The van der Waals surface area contributed by atoms with Crippen LogP contribution in [0.3, 0.4) is 0 Å². The van der Waals surface area contributed by atoms with Gasteiger partial charge in [0.25, 0.3) is 0 Å². The van der Waals surface area contributed by atoms with E-state index in [9.17, 15) is 27.9 Å². The number of aliphatic hydroxyl groups excluding tert-OH is 1. The minimum Gasteiger partial charge on any atom is -0.387 e. The Morgan fingerprint density at radius 2 is 0.531 bits per heavy atom. The van der Waals surface area contributed by atoms with Crippen molar-refractivity contribution in [1.82, 2.24) is 0 Å². The Morgan fingerprint density at radius 1 is 0.375 bits per heavy atom. The van der Waals surface area contributed by atoms with E-state index >= 15 is 0 Å². The van der Waals surface area contributed by atoms with E-state index in [1.807, 2.05) is 0 Å². The summed E-state index contributed by atoms with van der Waals surface area (Å²) in [4.78, 5) is 90.1. The lowest BCUT2D eigenvalue weighted by atomic mass is 9.85. The highest BCUT2D eigenvalue weighted by atomic mass is 31.2. The first-order valence-corrected chi connectivity index (χ1v) is 14.9. The molecule has 0 bridgehead atoms. The van der Waals surface area contributed by atoms with Gasteiger partial charge in [0.2, 0.25) is 0 Å². The second-order valence-corrected chi connectivity index (χ2v) is 11.8. The first-order valence-electron chi connectivity index (χ1n) is 7.26. The summed E-state index contributed by atoms with van der Waals surface area (Å²) < 4.78 is 76.6. The molecule has 26 heteroatoms. The molecule has 0 heterocycles. The third-order valence-electron chi connectivity index (χ3n) is 3.26. The van der Waals surface area contributed by atoms with Crippen LogP contribution in [0.5, 0.6) is 0 Å². The Labute approximate surface area is 176 Å². The zero-order valence-electron chi connectivity index (χ0n) is 14.7. The van der Waals surface area contributed by atoms with Gasteiger partial charge in [-0.2, -0.15) is 0 Å². The van der Waals surface area contributed by atoms with Crippen molar-refractivity contribution in [2.75, 3.05) is 0 Å². The van der Waals surface area contributed by atoms with Crippen molar-refractivity contribution in [1.29, 1.82) is 0 Å². The summed E-state index contributed by atoms with van der Waals surface area (Å²) in [6, 6.07) is 0. The van der Waals surface area contributed by atoms with Crippen molar-refractivity contribution in [3.63, 3.8) is 0 Å². The fraction of sp³-hybridized carbons (Fsp3) is 1.00. The van der Waals surface area contributed by atoms with E-state index in [4.69, 9.17) is 48.9 Å². The third kappa shape index (κ3) is 10.8. The Balaban J connectivity index is 3.77. The van der Waals surface area contributed by atoms with E-state index in [0.717, 1.165) is 0 Å². The number of phosphoric acid groups is 5. The van der Waals surface area contributed by atoms with Crippen molar-refractivity contribution < 1.29 is 99.5 Å². The number of rotatable bonds is 10. The van der Waals surface area contributed by atoms with E-state index in [2.05, 4.69) is 22.6 Å². The molecule has 0 aromatic heterocycles. The number of hydrogen-bond acceptors (Lipinski definition) is 11. The fourth-order valence-corrected chi connectivity index (χ4v) is 5.33. The first kappa shape index (κ1) is 30.5. The monoisotopic (exact) mass is 580 g/mol. The maximum atomic E-state index is 11.3. The molecule has 0 aliphatic heterocycles. The van der Waals surface area contributed by atoms with Crippen LogP contribution < -0.4 is 0 Å². The van der Waals surface area contributed by atoms with E-state index in [1.54, 1.807) is 0 Å². The van der Waals surface area contributed by atoms with E-state index < -0.39 is 75.7 Å². The van der Waals surface area contributed by atoms with Crippen LogP contribution in [0, 0.1) is 0 Å². The highest BCUT2D eigenvalue weighted by Crippen LogP contribution is 2.54. The molecule has 6 atom stereocenters. The number of aliphatic hydroxyl groups is 1. The Kier molecular flexibility index (Phi) is 9.78. The topological polar surface area (TPSA) is 354 Å². The quantitative estimate of drug-likeness (QED) is 0.113. The molecule has 2 unspecified atom stereocenters. The van der Waals surface area contributed by atoms with Gasteiger partial charge in [0.05, 0.1) is 0 Å². The lowest BCUT2D eigenvalue weighted by molar-refractivity contribution is -0.205. The van der Waals surface area contributed by atoms with E-state index in [1.165, 1.54) is 0 Å². The molecule has 0 aromatic carbocycles. The van der Waals surface area contributed by atoms with Crippen LogP contribution in [-0.4, -0.2) is 90.7 Å². The number of hydrogen-bond donors (Lipinski definition) is 11. The molecular weight excluding hydrogens is 563 g/mol. The lowest BCUT2D eigenvalue weighted by Gasteiger charge is -2.47. The van der Waals surface area contributed by atoms with Gasteiger partial charge in [0.15, 0.2) is 0 Å². The van der Waals surface area contributed by atoms with Gasteiger partial charge < -0.3 is 54.0 Å². The van der Waals surface area contributed by atoms with Gasteiger partial charge in [-0.25, -0.2) is 22.8 Å². The highest BCUT2D eigenvalue weighted by molar-refractivity contribution is 7.47. The molecule has 1 aliphatic rings. The molecule has 1 aliphatic carbocycles. The standard InChI is InChI=1S/C6H17O21P5/c7-1-2(23-28(8,9)10)4(25-30(14,15)16)6(27-32(20,21)22)5(26-31(17,18)19)3(1)24-29(11,12)13/h1-7H,(H2,8,9,10)(H2,11,12,13)(H2,14,15,16)(H2,17,18,19)(H2,20,21,22)/t1?,2-,3+,4+,5-,6?. The van der Waals surface area contributed by atoms with Gasteiger partial charge in [-0.1, -0.05) is 0 Å². The van der Waals surface area contributed by atoms with Crippen LogP contribution in [0.15, 0.2) is 0 Å². The molecule has 1 saturated carbocycles. The molecule has 1 rings (SSSR count). The predicted molar refractivity (Wildman–Crippen MR) is 90.6 cm³/mol. The molecule has 11 N–H and O–H groups in total. The molecule has 0 amide bonds. The highest BCUT2D eigenvalue weighted by Gasteiger charge is 2.60. The zero-order valence-corrected chi connectivity index (χ0v) is 19.2. The SMILES string of the molecule is O=P(O)(O)OC1[C@@H](OP(=O)(O)O)[C@H](OP(=O)(O)O)C(O)[C@H](OP(=O)(O)O)[C@H]1OP(=O)(O)O. The summed E-state index contributed by atoms with van der Waals surface area (Å²) >= 11 is 0. The Morgan fingerprint density at radius 3 is 0.719 bits per heavy atom. The molecule has 0 spiro atoms. The predicted octanol–water partition coefficient (Wildman–Crippen LogP) is -3.25. The van der Waals surface area contributed by atoms with E-state index in [0.29, 0.717) is 0 Å². The average molecular weight is 580 g/mol. The van der Waals surface area contributed by atoms with Gasteiger partial charge >= 0.3 is 39.1 Å². The molecule has 21 nitrogen and oxygen atoms in total. The average Bonchev–Trinajstić information content (AvgIpc) is 2.45. The summed E-state index contributed by atoms with van der Waals surface area (Å²) in [6.07, 6.45) is -17.4. The van der Waals surface area contributed by atoms with Gasteiger partial charge in [0, 0.05) is 0 Å². The molecule has 0 saturated heterocycles. The zero-order chi connectivity index (χ0) is 25.5. The van der Waals surface area contributed by atoms with Gasteiger partial charge in [0.1, 0.15) is 36.6 Å². The van der Waals surface area contributed by atoms with Crippen LogP contribution in [0.25, 0.3) is 0 Å². The largest absolute Gasteiger partial charge is 0.470 e. The smallest absolute Gasteiger partial charge is 0.387 e. The summed E-state index contributed by atoms with van der Waals surface area (Å²) in [5.41, 5.74) is 0. The summed E-state index contributed by atoms with van der Waals surface area (Å²) in [7, 11) is -29.1. The van der Waals surface area contributed by atoms with Crippen LogP contribution in [0.1, 0.15) is 0 Å². The molecule has 192 valence electrons. The van der Waals surface area contributed by atoms with Crippen molar-refractivity contribution in [2.24, 2.45) is 0 Å². The Bertz CT molecular complexity index is 824. The summed E-state index contributed by atoms with van der Waals surface area (Å²) in [6.45, 7) is 0. The first-order chi connectivity index (χ1) is 13.9. The normalized spacial score (nSPS) is 31.0. The van der Waals surface area contributed by atoms with E-state index in [-0.39, 0.29) is 0 Å². The minimum absolute atomic E-state index is 2.85.